The Hall–Kier alpha value is -1.07. The van der Waals surface area contributed by atoms with Gasteiger partial charge in [-0.05, 0) is 24.8 Å². The highest BCUT2D eigenvalue weighted by atomic mass is 127. The molecular weight excluding hydrogens is 377 g/mol. The fourth-order valence-electron chi connectivity index (χ4n) is 2.44. The number of hydrogen-bond acceptors (Lipinski definition) is 1. The molecule has 0 radical (unpaired) electrons. The van der Waals surface area contributed by atoms with E-state index in [1.807, 2.05) is 0 Å². The first kappa shape index (κ1) is 15.3. The van der Waals surface area contributed by atoms with Crippen molar-refractivity contribution >= 4 is 22.7 Å². The van der Waals surface area contributed by atoms with E-state index in [0.717, 1.165) is 0 Å². The molecule has 0 bridgehead atoms. The van der Waals surface area contributed by atoms with Crippen LogP contribution in [0, 0.1) is 6.92 Å². The van der Waals surface area contributed by atoms with E-state index in [0.29, 0.717) is 0 Å². The monoisotopic (exact) mass is 393 g/mol. The third-order valence-electron chi connectivity index (χ3n) is 3.35. The van der Waals surface area contributed by atoms with Crippen LogP contribution in [-0.2, 0) is 0 Å². The molecule has 0 aliphatic carbocycles. The molecule has 1 aromatic heterocycles. The van der Waals surface area contributed by atoms with Crippen LogP contribution in [0.1, 0.15) is 5.56 Å². The van der Waals surface area contributed by atoms with Crippen LogP contribution in [0.25, 0.3) is 16.6 Å². The zero-order chi connectivity index (χ0) is 13.2. The molecule has 0 fully saturated rings. The third-order valence-corrected chi connectivity index (χ3v) is 4.07. The van der Waals surface area contributed by atoms with Gasteiger partial charge in [0.1, 0.15) is 0 Å². The predicted octanol–water partition coefficient (Wildman–Crippen LogP) is 1.15. The SMILES string of the molecule is CSc1cc(C)c2ccccc2[n+]1-c1ccccc1.[I-]. The van der Waals surface area contributed by atoms with Crippen molar-refractivity contribution in [3.05, 3.63) is 66.2 Å². The second-order valence-corrected chi connectivity index (χ2v) is 5.38. The van der Waals surface area contributed by atoms with Gasteiger partial charge in [0.15, 0.2) is 0 Å². The minimum Gasteiger partial charge on any atom is -1.00 e. The van der Waals surface area contributed by atoms with Gasteiger partial charge in [-0.3, -0.25) is 0 Å². The highest BCUT2D eigenvalue weighted by molar-refractivity contribution is 7.98. The Kier molecular flexibility index (Phi) is 5.05. The van der Waals surface area contributed by atoms with Crippen molar-refractivity contribution in [2.45, 2.75) is 11.9 Å². The summed E-state index contributed by atoms with van der Waals surface area (Å²) in [4.78, 5) is 0. The first-order valence-corrected chi connectivity index (χ1v) is 7.57. The smallest absolute Gasteiger partial charge is 0.246 e. The number of aryl methyl sites for hydroxylation is 1. The fourth-order valence-corrected chi connectivity index (χ4v) is 3.12. The van der Waals surface area contributed by atoms with Crippen LogP contribution in [0.15, 0.2) is 65.7 Å². The minimum absolute atomic E-state index is 0. The van der Waals surface area contributed by atoms with Crippen molar-refractivity contribution in [1.29, 1.82) is 0 Å². The van der Waals surface area contributed by atoms with Crippen LogP contribution in [0.3, 0.4) is 0 Å². The maximum Gasteiger partial charge on any atom is 0.246 e. The number of thioether (sulfide) groups is 1. The average molecular weight is 393 g/mol. The van der Waals surface area contributed by atoms with Crippen LogP contribution < -0.4 is 28.5 Å². The normalized spacial score (nSPS) is 10.3. The van der Waals surface area contributed by atoms with Gasteiger partial charge >= 0.3 is 0 Å². The van der Waals surface area contributed by atoms with Gasteiger partial charge in [-0.1, -0.05) is 42.1 Å². The summed E-state index contributed by atoms with van der Waals surface area (Å²) in [6, 6.07) is 21.4. The first-order chi connectivity index (χ1) is 9.31. The summed E-state index contributed by atoms with van der Waals surface area (Å²) in [5.41, 5.74) is 3.80. The largest absolute Gasteiger partial charge is 1.00 e. The maximum absolute atomic E-state index is 2.33. The lowest BCUT2D eigenvalue weighted by Crippen LogP contribution is -3.00. The summed E-state index contributed by atoms with van der Waals surface area (Å²) >= 11 is 1.78. The van der Waals surface area contributed by atoms with E-state index in [-0.39, 0.29) is 24.0 Å². The number of para-hydroxylation sites is 2. The standard InChI is InChI=1S/C17H16NS.HI/c1-13-12-17(19-2)18(14-8-4-3-5-9-14)16-11-7-6-10-15(13)16;/h3-12H,1-2H3;1H/q+1;/p-1. The van der Waals surface area contributed by atoms with E-state index in [2.05, 4.69) is 78.4 Å². The van der Waals surface area contributed by atoms with Gasteiger partial charge in [-0.2, -0.15) is 0 Å². The highest BCUT2D eigenvalue weighted by Crippen LogP contribution is 2.22. The van der Waals surface area contributed by atoms with Crippen molar-refractivity contribution in [2.24, 2.45) is 0 Å². The summed E-state index contributed by atoms with van der Waals surface area (Å²) in [6.45, 7) is 2.18. The minimum atomic E-state index is 0. The van der Waals surface area contributed by atoms with E-state index in [4.69, 9.17) is 0 Å². The van der Waals surface area contributed by atoms with E-state index in [9.17, 15) is 0 Å². The summed E-state index contributed by atoms with van der Waals surface area (Å²) < 4.78 is 2.33. The van der Waals surface area contributed by atoms with Gasteiger partial charge in [-0.15, -0.1) is 4.57 Å². The van der Waals surface area contributed by atoms with Crippen LogP contribution >= 0.6 is 11.8 Å². The zero-order valence-electron chi connectivity index (χ0n) is 11.5. The number of halogens is 1. The quantitative estimate of drug-likeness (QED) is 0.359. The van der Waals surface area contributed by atoms with Crippen molar-refractivity contribution in [1.82, 2.24) is 0 Å². The number of aromatic nitrogens is 1. The summed E-state index contributed by atoms with van der Waals surface area (Å²) in [5.74, 6) is 0. The number of nitrogens with zero attached hydrogens (tertiary/aromatic N) is 1. The van der Waals surface area contributed by atoms with Gasteiger partial charge in [0.25, 0.3) is 0 Å². The van der Waals surface area contributed by atoms with Crippen molar-refractivity contribution in [3.63, 3.8) is 0 Å². The van der Waals surface area contributed by atoms with Gasteiger partial charge in [-0.25, -0.2) is 0 Å². The maximum atomic E-state index is 2.33. The highest BCUT2D eigenvalue weighted by Gasteiger charge is 2.19. The molecule has 0 unspecified atom stereocenters. The molecule has 0 atom stereocenters. The Balaban J connectivity index is 0.00000147. The second-order valence-electron chi connectivity index (χ2n) is 4.56. The van der Waals surface area contributed by atoms with Gasteiger partial charge < -0.3 is 24.0 Å². The molecule has 1 nitrogen and oxygen atoms in total. The molecule has 102 valence electrons. The topological polar surface area (TPSA) is 3.88 Å². The van der Waals surface area contributed by atoms with Crippen LogP contribution in [-0.4, -0.2) is 6.26 Å². The number of rotatable bonds is 2. The number of benzene rings is 2. The molecule has 3 rings (SSSR count). The Bertz CT molecular complexity index is 726. The summed E-state index contributed by atoms with van der Waals surface area (Å²) in [6.07, 6.45) is 2.13. The van der Waals surface area contributed by atoms with E-state index in [1.165, 1.54) is 27.2 Å². The lowest BCUT2D eigenvalue weighted by Gasteiger charge is -2.07. The zero-order valence-corrected chi connectivity index (χ0v) is 14.5. The average Bonchev–Trinajstić information content (AvgIpc) is 2.48. The lowest BCUT2D eigenvalue weighted by molar-refractivity contribution is -0.608. The third kappa shape index (κ3) is 2.69. The molecule has 0 N–H and O–H groups in total. The van der Waals surface area contributed by atoms with Crippen LogP contribution in [0.5, 0.6) is 0 Å². The molecule has 2 aromatic carbocycles. The van der Waals surface area contributed by atoms with E-state index >= 15 is 0 Å². The van der Waals surface area contributed by atoms with Gasteiger partial charge in [0.2, 0.25) is 16.2 Å². The molecule has 20 heavy (non-hydrogen) atoms. The fraction of sp³-hybridized carbons (Fsp3) is 0.118. The Morgan fingerprint density at radius 1 is 0.900 bits per heavy atom. The van der Waals surface area contributed by atoms with Crippen LogP contribution in [0.2, 0.25) is 0 Å². The Morgan fingerprint density at radius 3 is 2.25 bits per heavy atom. The molecule has 3 aromatic rings. The van der Waals surface area contributed by atoms with Crippen molar-refractivity contribution < 1.29 is 28.5 Å². The Morgan fingerprint density at radius 2 is 1.55 bits per heavy atom. The number of fused-ring (bicyclic) bond motifs is 1. The summed E-state index contributed by atoms with van der Waals surface area (Å²) in [7, 11) is 0. The molecule has 0 aliphatic heterocycles. The molecule has 0 amide bonds. The molecule has 0 aliphatic rings. The second kappa shape index (κ2) is 6.59. The van der Waals surface area contributed by atoms with E-state index < -0.39 is 0 Å². The van der Waals surface area contributed by atoms with Crippen molar-refractivity contribution in [2.75, 3.05) is 6.26 Å². The van der Waals surface area contributed by atoms with Crippen LogP contribution in [0.4, 0.5) is 0 Å². The molecule has 3 heteroatoms. The molecule has 0 saturated carbocycles. The lowest BCUT2D eigenvalue weighted by atomic mass is 10.1. The number of pyridine rings is 1. The molecule has 0 saturated heterocycles. The number of hydrogen-bond donors (Lipinski definition) is 0. The van der Waals surface area contributed by atoms with Gasteiger partial charge in [0.05, 0.1) is 0 Å². The van der Waals surface area contributed by atoms with Gasteiger partial charge in [0, 0.05) is 29.7 Å². The molecular formula is C17H16INS. The first-order valence-electron chi connectivity index (χ1n) is 6.35. The molecule has 0 spiro atoms. The Labute approximate surface area is 141 Å². The predicted molar refractivity (Wildman–Crippen MR) is 82.0 cm³/mol. The summed E-state index contributed by atoms with van der Waals surface area (Å²) in [5, 5.41) is 2.58. The van der Waals surface area contributed by atoms with E-state index in [1.54, 1.807) is 11.8 Å². The molecule has 1 heterocycles. The van der Waals surface area contributed by atoms with Crippen molar-refractivity contribution in [3.8, 4) is 5.69 Å².